The average Bonchev–Trinajstić information content (AvgIpc) is 2.91. The smallest absolute Gasteiger partial charge is 0.287 e. The van der Waals surface area contributed by atoms with Gasteiger partial charge in [0.05, 0.1) is 5.75 Å². The minimum Gasteiger partial charge on any atom is -0.444 e. The fourth-order valence-electron chi connectivity index (χ4n) is 2.18. The summed E-state index contributed by atoms with van der Waals surface area (Å²) in [7, 11) is -3.43. The number of benzene rings is 1. The summed E-state index contributed by atoms with van der Waals surface area (Å²) in [6.07, 6.45) is 0. The van der Waals surface area contributed by atoms with Crippen LogP contribution in [0.1, 0.15) is 35.5 Å². The Hall–Kier alpha value is -1.64. The van der Waals surface area contributed by atoms with Crippen molar-refractivity contribution in [2.24, 2.45) is 0 Å². The van der Waals surface area contributed by atoms with Gasteiger partial charge in [-0.15, -0.1) is 0 Å². The second-order valence-electron chi connectivity index (χ2n) is 5.59. The molecule has 0 aliphatic rings. The minimum atomic E-state index is -3.43. The van der Waals surface area contributed by atoms with Gasteiger partial charge in [0, 0.05) is 12.6 Å². The summed E-state index contributed by atoms with van der Waals surface area (Å²) in [6, 6.07) is 10.1. The van der Waals surface area contributed by atoms with Gasteiger partial charge in [-0.05, 0) is 53.0 Å². The Labute approximate surface area is 149 Å². The Morgan fingerprint density at radius 2 is 1.83 bits per heavy atom. The second kappa shape index (κ2) is 7.96. The molecule has 6 nitrogen and oxygen atoms in total. The fraction of sp³-hybridized carbons (Fsp3) is 0.312. The third kappa shape index (κ3) is 5.47. The molecule has 2 aromatic rings. The first-order valence-electron chi connectivity index (χ1n) is 7.37. The van der Waals surface area contributed by atoms with Crippen LogP contribution in [0.4, 0.5) is 0 Å². The summed E-state index contributed by atoms with van der Waals surface area (Å²) in [5, 5.41) is 2.73. The Kier molecular flexibility index (Phi) is 6.20. The van der Waals surface area contributed by atoms with E-state index in [-0.39, 0.29) is 30.0 Å². The molecule has 0 saturated heterocycles. The van der Waals surface area contributed by atoms with Crippen molar-refractivity contribution in [3.05, 3.63) is 58.0 Å². The summed E-state index contributed by atoms with van der Waals surface area (Å²) in [5.74, 6) is -0.309. The first-order chi connectivity index (χ1) is 11.3. The number of sulfonamides is 1. The Balaban J connectivity index is 2.07. The van der Waals surface area contributed by atoms with Gasteiger partial charge in [0.1, 0.15) is 0 Å². The number of hydrogen-bond donors (Lipinski definition) is 2. The summed E-state index contributed by atoms with van der Waals surface area (Å²) >= 11 is 3.14. The van der Waals surface area contributed by atoms with Crippen LogP contribution in [0.15, 0.2) is 45.5 Å². The molecule has 8 heteroatoms. The molecular weight excluding hydrogens is 396 g/mol. The number of carbonyl (C=O) groups is 1. The van der Waals surface area contributed by atoms with Crippen LogP contribution in [-0.2, 0) is 22.3 Å². The first kappa shape index (κ1) is 18.7. The summed E-state index contributed by atoms with van der Waals surface area (Å²) in [4.78, 5) is 12.0. The largest absolute Gasteiger partial charge is 0.444 e. The molecule has 0 bridgehead atoms. The van der Waals surface area contributed by atoms with Crippen molar-refractivity contribution in [1.82, 2.24) is 10.0 Å². The van der Waals surface area contributed by atoms with E-state index in [0.717, 1.165) is 5.56 Å². The van der Waals surface area contributed by atoms with Gasteiger partial charge in [0.15, 0.2) is 10.4 Å². The monoisotopic (exact) mass is 414 g/mol. The molecule has 24 heavy (non-hydrogen) atoms. The van der Waals surface area contributed by atoms with Crippen LogP contribution in [0.2, 0.25) is 0 Å². The van der Waals surface area contributed by atoms with Crippen molar-refractivity contribution >= 4 is 31.9 Å². The van der Waals surface area contributed by atoms with Crippen LogP contribution in [-0.4, -0.2) is 20.4 Å². The van der Waals surface area contributed by atoms with Gasteiger partial charge in [0.2, 0.25) is 10.0 Å². The van der Waals surface area contributed by atoms with Gasteiger partial charge in [-0.25, -0.2) is 13.1 Å². The van der Waals surface area contributed by atoms with Gasteiger partial charge >= 0.3 is 0 Å². The molecule has 0 aliphatic heterocycles. The van der Waals surface area contributed by atoms with Gasteiger partial charge in [-0.1, -0.05) is 24.3 Å². The molecule has 0 aliphatic carbocycles. The molecule has 1 heterocycles. The number of amides is 1. The van der Waals surface area contributed by atoms with Gasteiger partial charge in [-0.2, -0.15) is 0 Å². The lowest BCUT2D eigenvalue weighted by Gasteiger charge is -2.13. The number of carbonyl (C=O) groups excluding carboxylic acids is 1. The van der Waals surface area contributed by atoms with Crippen molar-refractivity contribution in [3.63, 3.8) is 0 Å². The predicted octanol–water partition coefficient (Wildman–Crippen LogP) is 2.80. The lowest BCUT2D eigenvalue weighted by Crippen LogP contribution is -2.31. The van der Waals surface area contributed by atoms with Crippen LogP contribution in [0.5, 0.6) is 0 Å². The molecule has 0 spiro atoms. The number of furan rings is 1. The first-order valence-corrected chi connectivity index (χ1v) is 9.81. The molecule has 1 amide bonds. The topological polar surface area (TPSA) is 88.4 Å². The highest BCUT2D eigenvalue weighted by atomic mass is 79.9. The van der Waals surface area contributed by atoms with Crippen LogP contribution < -0.4 is 10.0 Å². The highest BCUT2D eigenvalue weighted by Crippen LogP contribution is 2.15. The maximum atomic E-state index is 12.1. The van der Waals surface area contributed by atoms with E-state index in [1.807, 2.05) is 0 Å². The molecule has 0 radical (unpaired) electrons. The van der Waals surface area contributed by atoms with Gasteiger partial charge in [0.25, 0.3) is 5.91 Å². The summed E-state index contributed by atoms with van der Waals surface area (Å²) in [5.41, 5.74) is 1.39. The lowest BCUT2D eigenvalue weighted by molar-refractivity contribution is 0.0922. The molecule has 1 aromatic heterocycles. The van der Waals surface area contributed by atoms with Gasteiger partial charge < -0.3 is 9.73 Å². The third-order valence-electron chi connectivity index (χ3n) is 3.12. The van der Waals surface area contributed by atoms with Crippen LogP contribution in [0.25, 0.3) is 0 Å². The molecule has 0 unspecified atom stereocenters. The van der Waals surface area contributed by atoms with Crippen LogP contribution in [0, 0.1) is 0 Å². The van der Waals surface area contributed by atoms with Crippen molar-refractivity contribution < 1.29 is 17.6 Å². The second-order valence-corrected chi connectivity index (χ2v) is 8.12. The van der Waals surface area contributed by atoms with E-state index in [9.17, 15) is 13.2 Å². The van der Waals surface area contributed by atoms with Crippen LogP contribution >= 0.6 is 15.9 Å². The third-order valence-corrected chi connectivity index (χ3v) is 5.06. The molecule has 130 valence electrons. The van der Waals surface area contributed by atoms with E-state index < -0.39 is 10.0 Å². The number of halogens is 1. The molecule has 0 atom stereocenters. The van der Waals surface area contributed by atoms with E-state index in [2.05, 4.69) is 26.0 Å². The van der Waals surface area contributed by atoms with Crippen molar-refractivity contribution in [2.45, 2.75) is 32.2 Å². The zero-order valence-corrected chi connectivity index (χ0v) is 15.8. The van der Waals surface area contributed by atoms with Gasteiger partial charge in [-0.3, -0.25) is 4.79 Å². The average molecular weight is 415 g/mol. The maximum absolute atomic E-state index is 12.1. The molecule has 0 saturated carbocycles. The van der Waals surface area contributed by atoms with Crippen molar-refractivity contribution in [2.75, 3.05) is 0 Å². The van der Waals surface area contributed by atoms with E-state index >= 15 is 0 Å². The maximum Gasteiger partial charge on any atom is 0.287 e. The SMILES string of the molecule is CC(C)NS(=O)(=O)Cc1ccccc1CNC(=O)c1ccc(Br)o1. The Bertz CT molecular complexity index is 815. The zero-order chi connectivity index (χ0) is 17.7. The number of rotatable bonds is 7. The predicted molar refractivity (Wildman–Crippen MR) is 94.9 cm³/mol. The fourth-order valence-corrected chi connectivity index (χ4v) is 3.97. The number of nitrogens with one attached hydrogen (secondary N) is 2. The Morgan fingerprint density at radius 1 is 1.17 bits per heavy atom. The van der Waals surface area contributed by atoms with Crippen molar-refractivity contribution in [3.8, 4) is 0 Å². The molecule has 1 aromatic carbocycles. The van der Waals surface area contributed by atoms with E-state index in [1.165, 1.54) is 0 Å². The summed E-state index contributed by atoms with van der Waals surface area (Å²) in [6.45, 7) is 3.75. The number of hydrogen-bond acceptors (Lipinski definition) is 4. The molecule has 2 N–H and O–H groups in total. The van der Waals surface area contributed by atoms with E-state index in [4.69, 9.17) is 4.42 Å². The minimum absolute atomic E-state index is 0.135. The molecular formula is C16H19BrN2O4S. The lowest BCUT2D eigenvalue weighted by atomic mass is 10.1. The molecule has 0 fully saturated rings. The van der Waals surface area contributed by atoms with Crippen molar-refractivity contribution in [1.29, 1.82) is 0 Å². The van der Waals surface area contributed by atoms with E-state index in [1.54, 1.807) is 50.2 Å². The van der Waals surface area contributed by atoms with E-state index in [0.29, 0.717) is 10.2 Å². The zero-order valence-electron chi connectivity index (χ0n) is 13.4. The highest BCUT2D eigenvalue weighted by Gasteiger charge is 2.16. The highest BCUT2D eigenvalue weighted by molar-refractivity contribution is 9.10. The normalized spacial score (nSPS) is 11.7. The standard InChI is InChI=1S/C16H19BrN2O4S/c1-11(2)19-24(21,22)10-13-6-4-3-5-12(13)9-18-16(20)14-7-8-15(17)23-14/h3-8,11,19H,9-10H2,1-2H3,(H,18,20). The Morgan fingerprint density at radius 3 is 2.42 bits per heavy atom. The quantitative estimate of drug-likeness (QED) is 0.728. The summed E-state index contributed by atoms with van der Waals surface area (Å²) < 4.78 is 32.4. The van der Waals surface area contributed by atoms with Crippen LogP contribution in [0.3, 0.4) is 0 Å². The molecule has 2 rings (SSSR count).